The Morgan fingerprint density at radius 3 is 3.00 bits per heavy atom. The van der Waals surface area contributed by atoms with Crippen LogP contribution in [0.5, 0.6) is 0 Å². The van der Waals surface area contributed by atoms with E-state index in [1.54, 1.807) is 0 Å². The number of carbonyl (C=O) groups is 1. The minimum Gasteiger partial charge on any atom is -0.294 e. The number of ketones is 1. The largest absolute Gasteiger partial charge is 0.294 e. The molecule has 2 rings (SSSR count). The lowest BCUT2D eigenvalue weighted by Gasteiger charge is -2.21. The zero-order valence-corrected chi connectivity index (χ0v) is 8.43. The minimum absolute atomic E-state index is 0.307. The molecule has 0 aromatic heterocycles. The molecule has 2 heteroatoms. The monoisotopic (exact) mass is 192 g/mol. The predicted molar refractivity (Wildman–Crippen MR) is 55.3 cm³/mol. The highest BCUT2D eigenvalue weighted by Crippen LogP contribution is 2.36. The summed E-state index contributed by atoms with van der Waals surface area (Å²) in [7, 11) is 0. The maximum Gasteiger partial charge on any atom is 0.165 e. The molecule has 0 saturated carbocycles. The predicted octanol–water partition coefficient (Wildman–Crippen LogP) is 3.14. The fraction of sp³-hybridized carbons (Fsp3) is 0.364. The van der Waals surface area contributed by atoms with Crippen molar-refractivity contribution in [1.82, 2.24) is 0 Å². The zero-order valence-electron chi connectivity index (χ0n) is 7.62. The number of carbonyl (C=O) groups excluding carboxylic acids is 1. The highest BCUT2D eigenvalue weighted by molar-refractivity contribution is 8.00. The van der Waals surface area contributed by atoms with E-state index in [0.717, 1.165) is 16.9 Å². The van der Waals surface area contributed by atoms with E-state index in [1.807, 2.05) is 36.0 Å². The molecule has 0 aliphatic carbocycles. The smallest absolute Gasteiger partial charge is 0.165 e. The molecule has 1 aromatic rings. The maximum atomic E-state index is 11.6. The highest BCUT2D eigenvalue weighted by atomic mass is 32.2. The fourth-order valence-electron chi connectivity index (χ4n) is 1.57. The van der Waals surface area contributed by atoms with Crippen LogP contribution >= 0.6 is 11.8 Å². The van der Waals surface area contributed by atoms with Gasteiger partial charge in [-0.2, -0.15) is 0 Å². The molecule has 0 radical (unpaired) electrons. The van der Waals surface area contributed by atoms with E-state index in [2.05, 4.69) is 6.92 Å². The van der Waals surface area contributed by atoms with Crippen molar-refractivity contribution < 1.29 is 4.79 Å². The quantitative estimate of drug-likeness (QED) is 0.680. The third-order valence-electron chi connectivity index (χ3n) is 2.35. The summed E-state index contributed by atoms with van der Waals surface area (Å²) in [4.78, 5) is 12.8. The van der Waals surface area contributed by atoms with Crippen molar-refractivity contribution in [2.24, 2.45) is 0 Å². The Balaban J connectivity index is 2.37. The molecular weight excluding hydrogens is 180 g/mol. The Hall–Kier alpha value is -0.760. The van der Waals surface area contributed by atoms with Crippen LogP contribution < -0.4 is 0 Å². The molecule has 1 heterocycles. The molecule has 0 unspecified atom stereocenters. The van der Waals surface area contributed by atoms with Crippen LogP contribution in [0.1, 0.15) is 30.1 Å². The van der Waals surface area contributed by atoms with E-state index in [9.17, 15) is 4.79 Å². The van der Waals surface area contributed by atoms with E-state index >= 15 is 0 Å². The van der Waals surface area contributed by atoms with Gasteiger partial charge in [-0.25, -0.2) is 0 Å². The lowest BCUT2D eigenvalue weighted by atomic mass is 10.0. The fourth-order valence-corrected chi connectivity index (χ4v) is 2.79. The van der Waals surface area contributed by atoms with Crippen LogP contribution in [0.25, 0.3) is 0 Å². The van der Waals surface area contributed by atoms with Gasteiger partial charge in [0.05, 0.1) is 0 Å². The first-order valence-electron chi connectivity index (χ1n) is 4.60. The molecule has 0 saturated heterocycles. The van der Waals surface area contributed by atoms with Crippen molar-refractivity contribution in [3.05, 3.63) is 29.8 Å². The van der Waals surface area contributed by atoms with Gasteiger partial charge in [0.15, 0.2) is 5.78 Å². The van der Waals surface area contributed by atoms with E-state index in [-0.39, 0.29) is 0 Å². The van der Waals surface area contributed by atoms with Crippen molar-refractivity contribution in [1.29, 1.82) is 0 Å². The lowest BCUT2D eigenvalue weighted by molar-refractivity contribution is 0.0976. The summed E-state index contributed by atoms with van der Waals surface area (Å²) in [5, 5.41) is 0.488. The Morgan fingerprint density at radius 2 is 2.23 bits per heavy atom. The summed E-state index contributed by atoms with van der Waals surface area (Å²) in [5.74, 6) is 0.307. The third kappa shape index (κ3) is 1.63. The van der Waals surface area contributed by atoms with Gasteiger partial charge in [0.1, 0.15) is 0 Å². The molecule has 1 aliphatic heterocycles. The van der Waals surface area contributed by atoms with E-state index < -0.39 is 0 Å². The van der Waals surface area contributed by atoms with Gasteiger partial charge in [-0.05, 0) is 12.5 Å². The van der Waals surface area contributed by atoms with E-state index in [0.29, 0.717) is 17.5 Å². The van der Waals surface area contributed by atoms with E-state index in [4.69, 9.17) is 0 Å². The van der Waals surface area contributed by atoms with Crippen LogP contribution in [0.2, 0.25) is 0 Å². The van der Waals surface area contributed by atoms with Gasteiger partial charge < -0.3 is 0 Å². The SMILES string of the molecule is CC[C@@H]1CC(=O)c2ccccc2S1. The molecule has 0 bridgehead atoms. The normalized spacial score (nSPS) is 21.3. The average Bonchev–Trinajstić information content (AvgIpc) is 2.18. The second-order valence-electron chi connectivity index (χ2n) is 3.27. The second-order valence-corrected chi connectivity index (χ2v) is 4.61. The van der Waals surface area contributed by atoms with Gasteiger partial charge in [-0.3, -0.25) is 4.79 Å². The molecule has 13 heavy (non-hydrogen) atoms. The Morgan fingerprint density at radius 1 is 1.46 bits per heavy atom. The van der Waals surface area contributed by atoms with Gasteiger partial charge in [0.25, 0.3) is 0 Å². The Bertz CT molecular complexity index is 333. The number of hydrogen-bond donors (Lipinski definition) is 0. The summed E-state index contributed by atoms with van der Waals surface area (Å²) in [6.07, 6.45) is 1.78. The second kappa shape index (κ2) is 3.54. The summed E-state index contributed by atoms with van der Waals surface area (Å²) < 4.78 is 0. The molecule has 1 atom stereocenters. The minimum atomic E-state index is 0.307. The van der Waals surface area contributed by atoms with Crippen molar-refractivity contribution in [2.75, 3.05) is 0 Å². The molecule has 68 valence electrons. The molecular formula is C11H12OS. The molecule has 0 spiro atoms. The first kappa shape index (κ1) is 8.82. The van der Waals surface area contributed by atoms with Crippen LogP contribution in [0.15, 0.2) is 29.2 Å². The van der Waals surface area contributed by atoms with E-state index in [1.165, 1.54) is 0 Å². The number of Topliss-reactive ketones (excluding diaryl/α,β-unsaturated/α-hetero) is 1. The number of fused-ring (bicyclic) bond motifs is 1. The van der Waals surface area contributed by atoms with Crippen LogP contribution in [0.3, 0.4) is 0 Å². The van der Waals surface area contributed by atoms with Crippen molar-refractivity contribution >= 4 is 17.5 Å². The van der Waals surface area contributed by atoms with Gasteiger partial charge >= 0.3 is 0 Å². The van der Waals surface area contributed by atoms with Gasteiger partial charge in [0.2, 0.25) is 0 Å². The van der Waals surface area contributed by atoms with Crippen molar-refractivity contribution in [2.45, 2.75) is 29.9 Å². The molecule has 0 N–H and O–H groups in total. The van der Waals surface area contributed by atoms with Crippen LogP contribution in [-0.2, 0) is 0 Å². The van der Waals surface area contributed by atoms with Crippen LogP contribution in [-0.4, -0.2) is 11.0 Å². The Kier molecular flexibility index (Phi) is 2.40. The van der Waals surface area contributed by atoms with Crippen LogP contribution in [0, 0.1) is 0 Å². The van der Waals surface area contributed by atoms with Gasteiger partial charge in [-0.1, -0.05) is 25.1 Å². The van der Waals surface area contributed by atoms with Gasteiger partial charge in [-0.15, -0.1) is 11.8 Å². The molecule has 1 aliphatic rings. The summed E-state index contributed by atoms with van der Waals surface area (Å²) in [6, 6.07) is 7.90. The van der Waals surface area contributed by atoms with Gasteiger partial charge in [0, 0.05) is 22.1 Å². The third-order valence-corrected chi connectivity index (χ3v) is 3.79. The Labute approximate surface area is 82.5 Å². The lowest BCUT2D eigenvalue weighted by Crippen LogP contribution is -2.16. The first-order chi connectivity index (χ1) is 6.31. The molecule has 0 amide bonds. The molecule has 1 nitrogen and oxygen atoms in total. The number of hydrogen-bond acceptors (Lipinski definition) is 2. The number of rotatable bonds is 1. The summed E-state index contributed by atoms with van der Waals surface area (Å²) in [5.41, 5.74) is 0.914. The average molecular weight is 192 g/mol. The maximum absolute atomic E-state index is 11.6. The number of benzene rings is 1. The first-order valence-corrected chi connectivity index (χ1v) is 5.48. The summed E-state index contributed by atoms with van der Waals surface area (Å²) >= 11 is 1.84. The van der Waals surface area contributed by atoms with Crippen molar-refractivity contribution in [3.8, 4) is 0 Å². The molecule has 1 aromatic carbocycles. The van der Waals surface area contributed by atoms with Crippen LogP contribution in [0.4, 0.5) is 0 Å². The number of thioether (sulfide) groups is 1. The highest BCUT2D eigenvalue weighted by Gasteiger charge is 2.23. The molecule has 0 fully saturated rings. The zero-order chi connectivity index (χ0) is 9.26. The topological polar surface area (TPSA) is 17.1 Å². The van der Waals surface area contributed by atoms with Crippen molar-refractivity contribution in [3.63, 3.8) is 0 Å². The summed E-state index contributed by atoms with van der Waals surface area (Å²) in [6.45, 7) is 2.14. The standard InChI is InChI=1S/C11H12OS/c1-2-8-7-10(12)9-5-3-4-6-11(9)13-8/h3-6,8H,2,7H2,1H3/t8-/m1/s1.